The largest absolute Gasteiger partial charge is 0.352 e. The van der Waals surface area contributed by atoms with E-state index in [4.69, 9.17) is 0 Å². The zero-order valence-electron chi connectivity index (χ0n) is 22.5. The molecule has 1 aromatic heterocycles. The van der Waals surface area contributed by atoms with Crippen LogP contribution in [0.5, 0.6) is 0 Å². The molecule has 2 heterocycles. The minimum absolute atomic E-state index is 0.0547. The number of nitrogens with one attached hydrogen (secondary N) is 2. The summed E-state index contributed by atoms with van der Waals surface area (Å²) in [7, 11) is 0. The van der Waals surface area contributed by atoms with E-state index in [2.05, 4.69) is 27.8 Å². The van der Waals surface area contributed by atoms with E-state index >= 15 is 0 Å². The van der Waals surface area contributed by atoms with Crippen molar-refractivity contribution in [3.05, 3.63) is 77.5 Å². The highest BCUT2D eigenvalue weighted by Crippen LogP contribution is 2.36. The number of aromatic nitrogens is 1. The Labute approximate surface area is 224 Å². The molecule has 2 N–H and O–H groups in total. The van der Waals surface area contributed by atoms with Crippen molar-refractivity contribution in [1.82, 2.24) is 20.5 Å². The topological polar surface area (TPSA) is 91.4 Å². The molecular weight excluding hydrogens is 476 g/mol. The van der Waals surface area contributed by atoms with Crippen molar-refractivity contribution >= 4 is 28.6 Å². The van der Waals surface area contributed by atoms with Gasteiger partial charge in [0.2, 0.25) is 17.7 Å². The maximum atomic E-state index is 14.4. The lowest BCUT2D eigenvalue weighted by molar-refractivity contribution is -0.158. The zero-order valence-corrected chi connectivity index (χ0v) is 22.5. The molecule has 1 aliphatic carbocycles. The molecule has 0 radical (unpaired) electrons. The van der Waals surface area contributed by atoms with E-state index in [1.54, 1.807) is 11.1 Å². The number of benzene rings is 2. The quantitative estimate of drug-likeness (QED) is 0.501. The Morgan fingerprint density at radius 1 is 1.03 bits per heavy atom. The van der Waals surface area contributed by atoms with Crippen LogP contribution in [-0.2, 0) is 27.2 Å². The van der Waals surface area contributed by atoms with Crippen molar-refractivity contribution < 1.29 is 14.4 Å². The minimum atomic E-state index is -0.935. The van der Waals surface area contributed by atoms with Gasteiger partial charge in [-0.1, -0.05) is 50.2 Å². The number of hydrogen-bond acceptors (Lipinski definition) is 4. The fourth-order valence-electron chi connectivity index (χ4n) is 5.94. The maximum Gasteiger partial charge on any atom is 0.247 e. The molecule has 198 valence electrons. The van der Waals surface area contributed by atoms with Crippen LogP contribution in [0.3, 0.4) is 0 Å². The van der Waals surface area contributed by atoms with Gasteiger partial charge in [0, 0.05) is 17.6 Å². The third-order valence-corrected chi connectivity index (χ3v) is 7.61. The summed E-state index contributed by atoms with van der Waals surface area (Å²) >= 11 is 0. The van der Waals surface area contributed by atoms with Gasteiger partial charge in [0.1, 0.15) is 18.1 Å². The highest BCUT2D eigenvalue weighted by Gasteiger charge is 2.49. The van der Waals surface area contributed by atoms with Crippen LogP contribution in [0.25, 0.3) is 10.9 Å². The molecule has 1 saturated heterocycles. The summed E-state index contributed by atoms with van der Waals surface area (Å²) in [4.78, 5) is 47.9. The van der Waals surface area contributed by atoms with E-state index in [-0.39, 0.29) is 35.6 Å². The summed E-state index contributed by atoms with van der Waals surface area (Å²) in [5.41, 5.74) is 3.91. The molecular formula is C31H36N4O3. The molecule has 3 atom stereocenters. The molecule has 1 fully saturated rings. The molecule has 2 aliphatic rings. The number of amides is 3. The summed E-state index contributed by atoms with van der Waals surface area (Å²) in [6.07, 6.45) is 3.64. The van der Waals surface area contributed by atoms with Crippen LogP contribution >= 0.6 is 0 Å². The number of nitrogens with zero attached hydrogens (tertiary/aromatic N) is 2. The number of piperazine rings is 1. The molecule has 38 heavy (non-hydrogen) atoms. The smallest absolute Gasteiger partial charge is 0.247 e. The van der Waals surface area contributed by atoms with Crippen molar-refractivity contribution in [1.29, 1.82) is 0 Å². The van der Waals surface area contributed by atoms with E-state index < -0.39 is 18.1 Å². The predicted molar refractivity (Wildman–Crippen MR) is 147 cm³/mol. The number of pyridine rings is 1. The van der Waals surface area contributed by atoms with Gasteiger partial charge >= 0.3 is 0 Å². The maximum absolute atomic E-state index is 14.4. The van der Waals surface area contributed by atoms with Gasteiger partial charge in [0.25, 0.3) is 0 Å². The fourth-order valence-corrected chi connectivity index (χ4v) is 5.94. The number of fused-ring (bicyclic) bond motifs is 2. The molecule has 0 saturated carbocycles. The Balaban J connectivity index is 1.58. The first-order chi connectivity index (χ1) is 18.2. The Kier molecular flexibility index (Phi) is 7.19. The summed E-state index contributed by atoms with van der Waals surface area (Å²) in [6.45, 7) is 7.85. The highest BCUT2D eigenvalue weighted by molar-refractivity contribution is 6.00. The lowest BCUT2D eigenvalue weighted by Gasteiger charge is -2.45. The number of carbonyl (C=O) groups excluding carboxylic acids is 3. The van der Waals surface area contributed by atoms with Crippen LogP contribution in [-0.4, -0.2) is 45.7 Å². The van der Waals surface area contributed by atoms with Crippen LogP contribution in [0.2, 0.25) is 0 Å². The molecule has 0 unspecified atom stereocenters. The summed E-state index contributed by atoms with van der Waals surface area (Å²) in [5.74, 6) is -0.565. The van der Waals surface area contributed by atoms with E-state index in [0.717, 1.165) is 23.7 Å². The first kappa shape index (κ1) is 25.9. The molecule has 3 amide bonds. The lowest BCUT2D eigenvalue weighted by Crippen LogP contribution is -2.67. The molecule has 5 rings (SSSR count). The van der Waals surface area contributed by atoms with Crippen molar-refractivity contribution in [2.24, 2.45) is 11.8 Å². The molecule has 1 aliphatic heterocycles. The van der Waals surface area contributed by atoms with Crippen molar-refractivity contribution in [3.63, 3.8) is 0 Å². The van der Waals surface area contributed by atoms with Crippen molar-refractivity contribution in [2.45, 2.75) is 71.1 Å². The molecule has 0 spiro atoms. The second-order valence-electron chi connectivity index (χ2n) is 11.3. The van der Waals surface area contributed by atoms with E-state index in [1.165, 1.54) is 11.1 Å². The Hall–Kier alpha value is -3.74. The summed E-state index contributed by atoms with van der Waals surface area (Å²) in [6, 6.07) is 15.1. The predicted octanol–water partition coefficient (Wildman–Crippen LogP) is 3.96. The van der Waals surface area contributed by atoms with Gasteiger partial charge < -0.3 is 15.5 Å². The normalized spacial score (nSPS) is 20.6. The standard InChI is InChI=1S/C31H36N4O3/c1-18(2)14-26-29(36)34-27(24-15-20-8-5-6-9-21(20)16-24)31(38)35(26)28(30(37)33-19(3)4)23-11-12-25-22(17-23)10-7-13-32-25/h5-13,17-19,24,26-28H,14-16H2,1-4H3,(H,33,37)(H,34,36)/t26-,27-,28-/m1/s1. The number of rotatable bonds is 7. The van der Waals surface area contributed by atoms with Crippen LogP contribution in [0.1, 0.15) is 56.8 Å². The van der Waals surface area contributed by atoms with Gasteiger partial charge in [-0.25, -0.2) is 0 Å². The van der Waals surface area contributed by atoms with E-state index in [0.29, 0.717) is 12.0 Å². The number of carbonyl (C=O) groups is 3. The Bertz CT molecular complexity index is 1340. The molecule has 2 aromatic carbocycles. The molecule has 3 aromatic rings. The zero-order chi connectivity index (χ0) is 27.0. The Morgan fingerprint density at radius 3 is 2.39 bits per heavy atom. The summed E-state index contributed by atoms with van der Waals surface area (Å²) in [5, 5.41) is 6.97. The molecule has 7 nitrogen and oxygen atoms in total. The van der Waals surface area contributed by atoms with Crippen molar-refractivity contribution in [3.8, 4) is 0 Å². The van der Waals surface area contributed by atoms with Gasteiger partial charge in [-0.05, 0) is 79.8 Å². The lowest BCUT2D eigenvalue weighted by atomic mass is 9.87. The SMILES string of the molecule is CC(C)C[C@@H]1C(=O)N[C@H](C2Cc3ccccc3C2)C(=O)N1[C@@H](C(=O)NC(C)C)c1ccc2ncccc2c1. The molecule has 7 heteroatoms. The average Bonchev–Trinajstić information content (AvgIpc) is 3.31. The van der Waals surface area contributed by atoms with Crippen LogP contribution in [0, 0.1) is 11.8 Å². The third-order valence-electron chi connectivity index (χ3n) is 7.61. The first-order valence-corrected chi connectivity index (χ1v) is 13.6. The van der Waals surface area contributed by atoms with Gasteiger partial charge in [-0.15, -0.1) is 0 Å². The fraction of sp³-hybridized carbons (Fsp3) is 0.419. The van der Waals surface area contributed by atoms with Crippen LogP contribution in [0.4, 0.5) is 0 Å². The van der Waals surface area contributed by atoms with Crippen LogP contribution < -0.4 is 10.6 Å². The first-order valence-electron chi connectivity index (χ1n) is 13.6. The Morgan fingerprint density at radius 2 is 1.74 bits per heavy atom. The third kappa shape index (κ3) is 5.02. The average molecular weight is 513 g/mol. The van der Waals surface area contributed by atoms with Crippen LogP contribution in [0.15, 0.2) is 60.8 Å². The highest BCUT2D eigenvalue weighted by atomic mass is 16.2. The monoisotopic (exact) mass is 512 g/mol. The van der Waals surface area contributed by atoms with Gasteiger partial charge in [0.05, 0.1) is 5.52 Å². The van der Waals surface area contributed by atoms with Gasteiger partial charge in [-0.2, -0.15) is 0 Å². The minimum Gasteiger partial charge on any atom is -0.352 e. The second-order valence-corrected chi connectivity index (χ2v) is 11.3. The van der Waals surface area contributed by atoms with Crippen molar-refractivity contribution in [2.75, 3.05) is 0 Å². The molecule has 0 bridgehead atoms. The van der Waals surface area contributed by atoms with E-state index in [9.17, 15) is 14.4 Å². The van der Waals surface area contributed by atoms with Gasteiger partial charge in [0.15, 0.2) is 0 Å². The number of hydrogen-bond donors (Lipinski definition) is 2. The van der Waals surface area contributed by atoms with Gasteiger partial charge in [-0.3, -0.25) is 19.4 Å². The van der Waals surface area contributed by atoms with E-state index in [1.807, 2.05) is 70.2 Å². The summed E-state index contributed by atoms with van der Waals surface area (Å²) < 4.78 is 0. The second kappa shape index (κ2) is 10.6.